The lowest BCUT2D eigenvalue weighted by Gasteiger charge is -2.16. The average Bonchev–Trinajstić information content (AvgIpc) is 3.05. The minimum atomic E-state index is -5.37. The van der Waals surface area contributed by atoms with Gasteiger partial charge in [-0.1, -0.05) is 37.0 Å². The Morgan fingerprint density at radius 3 is 1.97 bits per heavy atom. The van der Waals surface area contributed by atoms with Crippen molar-refractivity contribution in [2.45, 2.75) is 37.6 Å². The zero-order valence-electron chi connectivity index (χ0n) is 18.0. The Balaban J connectivity index is 2.34. The van der Waals surface area contributed by atoms with Crippen molar-refractivity contribution in [1.29, 1.82) is 0 Å². The van der Waals surface area contributed by atoms with Crippen molar-refractivity contribution in [1.82, 2.24) is 19.7 Å². The van der Waals surface area contributed by atoms with Gasteiger partial charge >= 0.3 is 18.5 Å². The highest BCUT2D eigenvalue weighted by molar-refractivity contribution is 7.99. The Morgan fingerprint density at radius 2 is 1.50 bits per heavy atom. The molecule has 0 unspecified atom stereocenters. The molecule has 0 aliphatic heterocycles. The number of hydrogen-bond acceptors (Lipinski definition) is 5. The van der Waals surface area contributed by atoms with Gasteiger partial charge in [0.15, 0.2) is 11.3 Å². The van der Waals surface area contributed by atoms with Gasteiger partial charge in [0.2, 0.25) is 5.82 Å². The normalized spacial score (nSPS) is 13.2. The van der Waals surface area contributed by atoms with Crippen LogP contribution in [-0.2, 0) is 18.5 Å². The summed E-state index contributed by atoms with van der Waals surface area (Å²) in [6, 6.07) is 0.927. The van der Waals surface area contributed by atoms with Gasteiger partial charge in [0.1, 0.15) is 11.5 Å². The van der Waals surface area contributed by atoms with Crippen LogP contribution in [0.4, 0.5) is 45.3 Å². The van der Waals surface area contributed by atoms with E-state index >= 15 is 0 Å². The summed E-state index contributed by atoms with van der Waals surface area (Å²) in [6.07, 6.45) is -15.6. The minimum Gasteiger partial charge on any atom is -0.369 e. The molecule has 36 heavy (non-hydrogen) atoms. The van der Waals surface area contributed by atoms with Crippen molar-refractivity contribution in [3.63, 3.8) is 0 Å². The third kappa shape index (κ3) is 6.05. The van der Waals surface area contributed by atoms with Crippen LogP contribution in [0.15, 0.2) is 12.1 Å². The number of benzene rings is 1. The zero-order chi connectivity index (χ0) is 27.2. The van der Waals surface area contributed by atoms with Gasteiger partial charge in [-0.05, 0) is 17.4 Å². The van der Waals surface area contributed by atoms with Crippen molar-refractivity contribution in [2.24, 2.45) is 0 Å². The Kier molecular flexibility index (Phi) is 7.88. The van der Waals surface area contributed by atoms with Crippen LogP contribution in [0.25, 0.3) is 16.7 Å². The SMILES string of the molecule is CC(C)SCCNc1c2c(C(F)(F)F)nc(C(F)(F)F)nc2nn1-c1c(Cl)cc(C(F)(F)F)cc1Cl. The number of halogens is 11. The fourth-order valence-corrected chi connectivity index (χ4v) is 4.38. The Labute approximate surface area is 211 Å². The van der Waals surface area contributed by atoms with Gasteiger partial charge in [0.25, 0.3) is 0 Å². The highest BCUT2D eigenvalue weighted by Crippen LogP contribution is 2.43. The molecule has 0 atom stereocenters. The highest BCUT2D eigenvalue weighted by atomic mass is 35.5. The number of hydrogen-bond donors (Lipinski definition) is 1. The first-order chi connectivity index (χ1) is 16.4. The van der Waals surface area contributed by atoms with Crippen LogP contribution in [-0.4, -0.2) is 37.3 Å². The van der Waals surface area contributed by atoms with E-state index in [-0.39, 0.29) is 11.8 Å². The predicted molar refractivity (Wildman–Crippen MR) is 118 cm³/mol. The van der Waals surface area contributed by atoms with Gasteiger partial charge in [-0.3, -0.25) is 0 Å². The van der Waals surface area contributed by atoms with Crippen molar-refractivity contribution in [3.05, 3.63) is 39.3 Å². The number of thioether (sulfide) groups is 1. The molecule has 0 saturated heterocycles. The molecule has 0 aliphatic carbocycles. The van der Waals surface area contributed by atoms with E-state index in [1.165, 1.54) is 11.8 Å². The lowest BCUT2D eigenvalue weighted by molar-refractivity contribution is -0.151. The van der Waals surface area contributed by atoms with E-state index in [2.05, 4.69) is 20.4 Å². The standard InChI is InChI=1S/C19H14Cl2F9N5S/c1-7(2)36-4-3-31-15-11-13(18(25,26)27)32-16(19(28,29)30)33-14(11)34-35(15)12-9(20)5-8(6-10(12)21)17(22,23)24/h5-7,31H,3-4H2,1-2H3. The summed E-state index contributed by atoms with van der Waals surface area (Å²) >= 11 is 13.4. The van der Waals surface area contributed by atoms with Crippen LogP contribution in [0.2, 0.25) is 10.0 Å². The molecule has 0 bridgehead atoms. The van der Waals surface area contributed by atoms with E-state index in [1.807, 2.05) is 13.8 Å². The number of alkyl halides is 9. The number of aromatic nitrogens is 4. The summed E-state index contributed by atoms with van der Waals surface area (Å²) in [7, 11) is 0. The smallest absolute Gasteiger partial charge is 0.369 e. The third-order valence-electron chi connectivity index (χ3n) is 4.46. The summed E-state index contributed by atoms with van der Waals surface area (Å²) in [4.78, 5) is 5.81. The first kappa shape index (κ1) is 28.4. The molecular formula is C19H14Cl2F9N5S. The molecule has 1 N–H and O–H groups in total. The predicted octanol–water partition coefficient (Wildman–Crippen LogP) is 7.73. The first-order valence-corrected chi connectivity index (χ1v) is 11.6. The molecule has 2 heterocycles. The largest absolute Gasteiger partial charge is 0.451 e. The molecule has 5 nitrogen and oxygen atoms in total. The molecule has 198 valence electrons. The molecular weight excluding hydrogens is 572 g/mol. The van der Waals surface area contributed by atoms with Gasteiger partial charge in [0, 0.05) is 12.3 Å². The maximum atomic E-state index is 13.8. The second-order valence-electron chi connectivity index (χ2n) is 7.48. The molecule has 0 amide bonds. The number of rotatable bonds is 6. The van der Waals surface area contributed by atoms with Gasteiger partial charge < -0.3 is 5.32 Å². The number of nitrogens with zero attached hydrogens (tertiary/aromatic N) is 4. The van der Waals surface area contributed by atoms with Crippen molar-refractivity contribution in [3.8, 4) is 5.69 Å². The van der Waals surface area contributed by atoms with Crippen LogP contribution in [0.1, 0.15) is 30.9 Å². The highest BCUT2D eigenvalue weighted by Gasteiger charge is 2.43. The zero-order valence-corrected chi connectivity index (χ0v) is 20.3. The fraction of sp³-hybridized carbons (Fsp3) is 0.421. The monoisotopic (exact) mass is 585 g/mol. The fourth-order valence-electron chi connectivity index (χ4n) is 3.04. The number of fused-ring (bicyclic) bond motifs is 1. The first-order valence-electron chi connectivity index (χ1n) is 9.78. The molecule has 3 aromatic rings. The quantitative estimate of drug-likeness (QED) is 0.237. The molecule has 3 rings (SSSR count). The summed E-state index contributed by atoms with van der Waals surface area (Å²) < 4.78 is 121. The maximum Gasteiger partial charge on any atom is 0.451 e. The van der Waals surface area contributed by atoms with Gasteiger partial charge in [-0.2, -0.15) is 51.3 Å². The van der Waals surface area contributed by atoms with Gasteiger partial charge in [-0.25, -0.2) is 14.6 Å². The van der Waals surface area contributed by atoms with E-state index < -0.39 is 68.2 Å². The summed E-state index contributed by atoms with van der Waals surface area (Å²) in [5.41, 5.74) is -4.71. The Bertz CT molecular complexity index is 1250. The average molecular weight is 586 g/mol. The van der Waals surface area contributed by atoms with Gasteiger partial charge in [-0.15, -0.1) is 5.10 Å². The summed E-state index contributed by atoms with van der Waals surface area (Å²) in [5, 5.41) is 4.23. The Morgan fingerprint density at radius 1 is 0.917 bits per heavy atom. The van der Waals surface area contributed by atoms with Crippen molar-refractivity contribution in [2.75, 3.05) is 17.6 Å². The summed E-state index contributed by atoms with van der Waals surface area (Å²) in [5.74, 6) is -2.29. The molecule has 1 aromatic carbocycles. The Hall–Kier alpha value is -2.13. The van der Waals surface area contributed by atoms with Crippen LogP contribution < -0.4 is 5.32 Å². The number of anilines is 1. The molecule has 0 spiro atoms. The van der Waals surface area contributed by atoms with Crippen LogP contribution in [0, 0.1) is 0 Å². The molecule has 0 radical (unpaired) electrons. The third-order valence-corrected chi connectivity index (χ3v) is 6.14. The van der Waals surface area contributed by atoms with E-state index in [0.717, 1.165) is 0 Å². The lowest BCUT2D eigenvalue weighted by atomic mass is 10.2. The van der Waals surface area contributed by atoms with Crippen molar-refractivity contribution >= 4 is 51.8 Å². The molecule has 0 aliphatic rings. The van der Waals surface area contributed by atoms with E-state index in [0.29, 0.717) is 22.6 Å². The van der Waals surface area contributed by atoms with Gasteiger partial charge in [0.05, 0.1) is 21.0 Å². The van der Waals surface area contributed by atoms with Crippen LogP contribution >= 0.6 is 35.0 Å². The van der Waals surface area contributed by atoms with E-state index in [4.69, 9.17) is 23.2 Å². The second kappa shape index (κ2) is 9.97. The number of nitrogens with one attached hydrogen (secondary N) is 1. The molecule has 17 heteroatoms. The molecule has 2 aromatic heterocycles. The molecule has 0 saturated carbocycles. The minimum absolute atomic E-state index is 0.00215. The second-order valence-corrected chi connectivity index (χ2v) is 9.98. The molecule has 0 fully saturated rings. The van der Waals surface area contributed by atoms with Crippen LogP contribution in [0.5, 0.6) is 0 Å². The maximum absolute atomic E-state index is 13.8. The van der Waals surface area contributed by atoms with Crippen LogP contribution in [0.3, 0.4) is 0 Å². The summed E-state index contributed by atoms with van der Waals surface area (Å²) in [6.45, 7) is 3.72. The van der Waals surface area contributed by atoms with E-state index in [1.54, 1.807) is 0 Å². The van der Waals surface area contributed by atoms with Crippen molar-refractivity contribution < 1.29 is 39.5 Å². The lowest BCUT2D eigenvalue weighted by Crippen LogP contribution is -2.18. The topological polar surface area (TPSA) is 55.6 Å². The van der Waals surface area contributed by atoms with E-state index in [9.17, 15) is 39.5 Å².